The first-order valence-corrected chi connectivity index (χ1v) is 11.5. The molecule has 172 valence electrons. The number of nitrogens with one attached hydrogen (secondary N) is 1. The first-order chi connectivity index (χ1) is 15.7. The lowest BCUT2D eigenvalue weighted by atomic mass is 9.97. The zero-order valence-electron chi connectivity index (χ0n) is 19.3. The lowest BCUT2D eigenvalue weighted by molar-refractivity contribution is 0.0177. The molecule has 1 saturated heterocycles. The summed E-state index contributed by atoms with van der Waals surface area (Å²) in [5.41, 5.74) is 3.40. The lowest BCUT2D eigenvalue weighted by Crippen LogP contribution is -2.42. The van der Waals surface area contributed by atoms with Crippen LogP contribution in [0.4, 0.5) is 9.18 Å². The third kappa shape index (κ3) is 4.58. The second-order valence-electron chi connectivity index (χ2n) is 9.93. The highest BCUT2D eigenvalue weighted by molar-refractivity contribution is 5.97. The molecule has 2 aromatic heterocycles. The Morgan fingerprint density at radius 1 is 1.18 bits per heavy atom. The number of piperidine rings is 1. The van der Waals surface area contributed by atoms with E-state index in [0.29, 0.717) is 19.0 Å². The topological polar surface area (TPSA) is 63.1 Å². The van der Waals surface area contributed by atoms with E-state index >= 15 is 0 Å². The quantitative estimate of drug-likeness (QED) is 0.420. The zero-order chi connectivity index (χ0) is 23.2. The summed E-state index contributed by atoms with van der Waals surface area (Å²) in [6, 6.07) is 11.1. The molecule has 1 aliphatic rings. The van der Waals surface area contributed by atoms with Gasteiger partial charge in [-0.15, -0.1) is 0 Å². The predicted molar refractivity (Wildman–Crippen MR) is 128 cm³/mol. The third-order valence-electron chi connectivity index (χ3n) is 6.22. The normalized spacial score (nSPS) is 15.5. The Hall–Kier alpha value is -3.35. The number of fused-ring (bicyclic) bond motifs is 2. The number of rotatable bonds is 3. The van der Waals surface area contributed by atoms with E-state index in [9.17, 15) is 9.18 Å². The van der Waals surface area contributed by atoms with Gasteiger partial charge in [0.05, 0.1) is 5.52 Å². The molecule has 5 rings (SSSR count). The maximum atomic E-state index is 13.5. The summed E-state index contributed by atoms with van der Waals surface area (Å²) in [5, 5.41) is 6.84. The van der Waals surface area contributed by atoms with Crippen LogP contribution in [0.1, 0.15) is 33.6 Å². The minimum atomic E-state index is -0.467. The summed E-state index contributed by atoms with van der Waals surface area (Å²) in [7, 11) is 0. The largest absolute Gasteiger partial charge is 0.444 e. The third-order valence-corrected chi connectivity index (χ3v) is 6.22. The summed E-state index contributed by atoms with van der Waals surface area (Å²) in [6.07, 6.45) is 5.67. The van der Waals surface area contributed by atoms with Crippen molar-refractivity contribution in [3.63, 3.8) is 0 Å². The Morgan fingerprint density at radius 3 is 2.73 bits per heavy atom. The van der Waals surface area contributed by atoms with Crippen LogP contribution in [0.3, 0.4) is 0 Å². The van der Waals surface area contributed by atoms with Crippen molar-refractivity contribution in [2.24, 2.45) is 5.92 Å². The van der Waals surface area contributed by atoms with Crippen LogP contribution in [0.5, 0.6) is 0 Å². The minimum Gasteiger partial charge on any atom is -0.444 e. The highest BCUT2D eigenvalue weighted by Crippen LogP contribution is 2.31. The standard InChI is InChI=1S/C26H29FN4O2/c1-26(2,3)33-25(32)30-10-8-17(9-11-30)15-31-16-19-12-18(4-7-23(19)29-31)22-14-28-24-13-20(27)5-6-21(22)24/h4-7,12-14,16-17,28H,8-11,15H2,1-3H3. The molecule has 1 amide bonds. The molecular weight excluding hydrogens is 419 g/mol. The molecule has 7 heteroatoms. The van der Waals surface area contributed by atoms with Crippen LogP contribution >= 0.6 is 0 Å². The fraction of sp³-hybridized carbons (Fsp3) is 0.385. The van der Waals surface area contributed by atoms with Gasteiger partial charge in [0.2, 0.25) is 0 Å². The van der Waals surface area contributed by atoms with E-state index in [2.05, 4.69) is 23.3 Å². The van der Waals surface area contributed by atoms with Crippen LogP contribution in [0, 0.1) is 11.7 Å². The zero-order valence-corrected chi connectivity index (χ0v) is 19.3. The van der Waals surface area contributed by atoms with Gasteiger partial charge >= 0.3 is 6.09 Å². The molecule has 1 N–H and O–H groups in total. The Morgan fingerprint density at radius 2 is 1.97 bits per heavy atom. The number of carbonyl (C=O) groups is 1. The number of aromatic nitrogens is 3. The Kier molecular flexibility index (Phi) is 5.35. The summed E-state index contributed by atoms with van der Waals surface area (Å²) in [4.78, 5) is 17.3. The van der Waals surface area contributed by atoms with E-state index < -0.39 is 5.60 Å². The van der Waals surface area contributed by atoms with Gasteiger partial charge in [0.1, 0.15) is 11.4 Å². The SMILES string of the molecule is CC(C)(C)OC(=O)N1CCC(Cn2cc3cc(-c4c[nH]c5cc(F)ccc45)ccc3n2)CC1. The van der Waals surface area contributed by atoms with Gasteiger partial charge in [-0.2, -0.15) is 5.10 Å². The van der Waals surface area contributed by atoms with Gasteiger partial charge in [-0.05, 0) is 75.4 Å². The maximum Gasteiger partial charge on any atom is 0.410 e. The van der Waals surface area contributed by atoms with E-state index in [0.717, 1.165) is 52.3 Å². The second-order valence-corrected chi connectivity index (χ2v) is 9.93. The number of H-pyrrole nitrogens is 1. The number of likely N-dealkylation sites (tertiary alicyclic amines) is 1. The van der Waals surface area contributed by atoms with Crippen molar-refractivity contribution in [1.29, 1.82) is 0 Å². The number of hydrogen-bond acceptors (Lipinski definition) is 3. The van der Waals surface area contributed by atoms with Crippen LogP contribution < -0.4 is 0 Å². The van der Waals surface area contributed by atoms with E-state index in [1.807, 2.05) is 43.8 Å². The van der Waals surface area contributed by atoms with Gasteiger partial charge in [-0.3, -0.25) is 4.68 Å². The van der Waals surface area contributed by atoms with Gasteiger partial charge < -0.3 is 14.6 Å². The molecule has 4 aromatic rings. The molecule has 6 nitrogen and oxygen atoms in total. The molecule has 1 aliphatic heterocycles. The molecule has 0 spiro atoms. The Bertz CT molecular complexity index is 1310. The average molecular weight is 449 g/mol. The van der Waals surface area contributed by atoms with Crippen molar-refractivity contribution >= 4 is 27.9 Å². The number of halogens is 1. The fourth-order valence-corrected chi connectivity index (χ4v) is 4.56. The monoisotopic (exact) mass is 448 g/mol. The minimum absolute atomic E-state index is 0.224. The smallest absolute Gasteiger partial charge is 0.410 e. The van der Waals surface area contributed by atoms with Crippen LogP contribution in [-0.2, 0) is 11.3 Å². The first kappa shape index (κ1) is 21.5. The van der Waals surface area contributed by atoms with Crippen molar-refractivity contribution in [1.82, 2.24) is 19.7 Å². The number of nitrogens with zero attached hydrogens (tertiary/aromatic N) is 3. The number of amides is 1. The number of hydrogen-bond donors (Lipinski definition) is 1. The van der Waals surface area contributed by atoms with E-state index in [4.69, 9.17) is 9.84 Å². The maximum absolute atomic E-state index is 13.5. The van der Waals surface area contributed by atoms with E-state index in [1.165, 1.54) is 12.1 Å². The summed E-state index contributed by atoms with van der Waals surface area (Å²) in [5.74, 6) is 0.227. The lowest BCUT2D eigenvalue weighted by Gasteiger charge is -2.33. The van der Waals surface area contributed by atoms with Gasteiger partial charge in [-0.1, -0.05) is 6.07 Å². The molecule has 0 aliphatic carbocycles. The summed E-state index contributed by atoms with van der Waals surface area (Å²) in [6.45, 7) is 7.94. The highest BCUT2D eigenvalue weighted by Gasteiger charge is 2.27. The molecule has 3 heterocycles. The van der Waals surface area contributed by atoms with Crippen molar-refractivity contribution in [3.8, 4) is 11.1 Å². The van der Waals surface area contributed by atoms with E-state index in [1.54, 1.807) is 4.90 Å². The molecular formula is C26H29FN4O2. The summed E-state index contributed by atoms with van der Waals surface area (Å²) >= 11 is 0. The molecule has 33 heavy (non-hydrogen) atoms. The average Bonchev–Trinajstić information content (AvgIpc) is 3.35. The summed E-state index contributed by atoms with van der Waals surface area (Å²) < 4.78 is 21.0. The van der Waals surface area contributed by atoms with Crippen LogP contribution in [0.15, 0.2) is 48.8 Å². The molecule has 0 radical (unpaired) electrons. The van der Waals surface area contributed by atoms with Crippen molar-refractivity contribution in [3.05, 3.63) is 54.6 Å². The van der Waals surface area contributed by atoms with Crippen LogP contribution in [0.25, 0.3) is 32.9 Å². The molecule has 1 fully saturated rings. The van der Waals surface area contributed by atoms with Gasteiger partial charge in [0.15, 0.2) is 0 Å². The number of ether oxygens (including phenoxy) is 1. The number of benzene rings is 2. The van der Waals surface area contributed by atoms with Gasteiger partial charge in [0, 0.05) is 53.9 Å². The number of carbonyl (C=O) groups excluding carboxylic acids is 1. The predicted octanol–water partition coefficient (Wildman–Crippen LogP) is 5.97. The van der Waals surface area contributed by atoms with Gasteiger partial charge in [0.25, 0.3) is 0 Å². The Labute approximate surface area is 192 Å². The molecule has 0 saturated carbocycles. The number of aromatic amines is 1. The highest BCUT2D eigenvalue weighted by atomic mass is 19.1. The van der Waals surface area contributed by atoms with E-state index in [-0.39, 0.29) is 11.9 Å². The van der Waals surface area contributed by atoms with Crippen LogP contribution in [0.2, 0.25) is 0 Å². The van der Waals surface area contributed by atoms with Crippen LogP contribution in [-0.4, -0.2) is 44.4 Å². The molecule has 0 unspecified atom stereocenters. The molecule has 0 bridgehead atoms. The van der Waals surface area contributed by atoms with Crippen molar-refractivity contribution in [2.45, 2.75) is 45.8 Å². The van der Waals surface area contributed by atoms with Gasteiger partial charge in [-0.25, -0.2) is 9.18 Å². The molecule has 2 aromatic carbocycles. The molecule has 0 atom stereocenters. The first-order valence-electron chi connectivity index (χ1n) is 11.5. The van der Waals surface area contributed by atoms with Crippen molar-refractivity contribution in [2.75, 3.05) is 13.1 Å². The Balaban J connectivity index is 1.27. The second kappa shape index (κ2) is 8.21. The fourth-order valence-electron chi connectivity index (χ4n) is 4.56. The van der Waals surface area contributed by atoms with Crippen molar-refractivity contribution < 1.29 is 13.9 Å².